The van der Waals surface area contributed by atoms with Gasteiger partial charge < -0.3 is 1.43 Å². The Morgan fingerprint density at radius 2 is 1.73 bits per heavy atom. The van der Waals surface area contributed by atoms with Gasteiger partial charge in [-0.1, -0.05) is 26.7 Å². The van der Waals surface area contributed by atoms with E-state index >= 15 is 0 Å². The zero-order valence-electron chi connectivity index (χ0n) is 8.37. The molecule has 3 nitrogen and oxygen atoms in total. The first-order valence-corrected chi connectivity index (χ1v) is 5.05. The van der Waals surface area contributed by atoms with Crippen LogP contribution in [0.15, 0.2) is 0 Å². The second-order valence-corrected chi connectivity index (χ2v) is 3.93. The van der Waals surface area contributed by atoms with Crippen LogP contribution < -0.4 is 29.6 Å². The Bertz CT molecular complexity index is 177. The number of hydrogen-bond donors (Lipinski definition) is 1. The van der Waals surface area contributed by atoms with Crippen molar-refractivity contribution in [2.45, 2.75) is 26.7 Å². The largest absolute Gasteiger partial charge is 1.00 e. The standard InChI is InChI=1S/C6H14O3S.Na.H/c1-3-6(4-2)5-10(7,8)9;;/h6H,3-5H2,1-2H3,(H,7,8,9);;/q;+1;-1. The summed E-state index contributed by atoms with van der Waals surface area (Å²) in [4.78, 5) is 0. The monoisotopic (exact) mass is 190 g/mol. The van der Waals surface area contributed by atoms with E-state index in [9.17, 15) is 8.42 Å². The maximum Gasteiger partial charge on any atom is 1.00 e. The Morgan fingerprint density at radius 3 is 1.82 bits per heavy atom. The molecule has 64 valence electrons. The van der Waals surface area contributed by atoms with E-state index in [1.807, 2.05) is 13.8 Å². The molecule has 0 atom stereocenters. The van der Waals surface area contributed by atoms with Crippen LogP contribution in [-0.4, -0.2) is 18.7 Å². The fourth-order valence-corrected chi connectivity index (χ4v) is 1.89. The topological polar surface area (TPSA) is 54.4 Å². The second kappa shape index (κ2) is 6.43. The summed E-state index contributed by atoms with van der Waals surface area (Å²) in [7, 11) is -3.75. The molecule has 0 radical (unpaired) electrons. The van der Waals surface area contributed by atoms with Crippen molar-refractivity contribution in [3.8, 4) is 0 Å². The predicted molar refractivity (Wildman–Crippen MR) is 41.6 cm³/mol. The van der Waals surface area contributed by atoms with Gasteiger partial charge in [-0.3, -0.25) is 4.55 Å². The van der Waals surface area contributed by atoms with E-state index < -0.39 is 10.1 Å². The molecule has 0 fully saturated rings. The number of rotatable bonds is 4. The van der Waals surface area contributed by atoms with Crippen LogP contribution in [0.25, 0.3) is 0 Å². The van der Waals surface area contributed by atoms with Gasteiger partial charge in [-0.2, -0.15) is 8.42 Å². The predicted octanol–water partition coefficient (Wildman–Crippen LogP) is -1.57. The molecule has 0 unspecified atom stereocenters. The minimum absolute atomic E-state index is 0. The molecule has 0 bridgehead atoms. The maximum atomic E-state index is 10.3. The molecular weight excluding hydrogens is 175 g/mol. The van der Waals surface area contributed by atoms with Gasteiger partial charge in [-0.25, -0.2) is 0 Å². The molecule has 0 aromatic carbocycles. The molecule has 0 aliphatic carbocycles. The van der Waals surface area contributed by atoms with Crippen molar-refractivity contribution >= 4 is 10.1 Å². The second-order valence-electron chi connectivity index (χ2n) is 2.43. The molecule has 0 rings (SSSR count). The van der Waals surface area contributed by atoms with E-state index in [1.54, 1.807) is 0 Å². The van der Waals surface area contributed by atoms with Crippen LogP contribution in [-0.2, 0) is 10.1 Å². The average Bonchev–Trinajstić information content (AvgIpc) is 1.81. The normalized spacial score (nSPS) is 11.3. The SMILES string of the molecule is CCC(CC)CS(=O)(=O)O.[H-].[Na+]. The average molecular weight is 190 g/mol. The van der Waals surface area contributed by atoms with Crippen LogP contribution in [0.2, 0.25) is 0 Å². The first-order valence-electron chi connectivity index (χ1n) is 3.44. The van der Waals surface area contributed by atoms with Crippen molar-refractivity contribution in [1.29, 1.82) is 0 Å². The minimum Gasteiger partial charge on any atom is -1.00 e. The van der Waals surface area contributed by atoms with Gasteiger partial charge in [0.1, 0.15) is 0 Å². The van der Waals surface area contributed by atoms with Gasteiger partial charge in [0.25, 0.3) is 10.1 Å². The van der Waals surface area contributed by atoms with E-state index in [0.717, 1.165) is 12.8 Å². The molecule has 5 heteroatoms. The van der Waals surface area contributed by atoms with Crippen LogP contribution in [0, 0.1) is 5.92 Å². The summed E-state index contributed by atoms with van der Waals surface area (Å²) in [5.41, 5.74) is 0. The molecule has 1 N–H and O–H groups in total. The third-order valence-corrected chi connectivity index (χ3v) is 2.49. The molecule has 0 heterocycles. The van der Waals surface area contributed by atoms with Crippen molar-refractivity contribution in [2.24, 2.45) is 5.92 Å². The van der Waals surface area contributed by atoms with E-state index in [1.165, 1.54) is 0 Å². The molecule has 0 spiro atoms. The van der Waals surface area contributed by atoms with Gasteiger partial charge >= 0.3 is 29.6 Å². The molecule has 0 aromatic heterocycles. The molecule has 0 aromatic rings. The Kier molecular flexibility index (Phi) is 8.44. The van der Waals surface area contributed by atoms with Crippen molar-refractivity contribution in [2.75, 3.05) is 5.75 Å². The van der Waals surface area contributed by atoms with E-state index in [4.69, 9.17) is 4.55 Å². The molecule has 0 amide bonds. The van der Waals surface area contributed by atoms with Gasteiger partial charge in [0.15, 0.2) is 0 Å². The van der Waals surface area contributed by atoms with Crippen molar-refractivity contribution in [3.63, 3.8) is 0 Å². The van der Waals surface area contributed by atoms with E-state index in [0.29, 0.717) is 0 Å². The van der Waals surface area contributed by atoms with E-state index in [2.05, 4.69) is 0 Å². The van der Waals surface area contributed by atoms with Crippen LogP contribution in [0.5, 0.6) is 0 Å². The Hall–Kier alpha value is 0.910. The minimum atomic E-state index is -3.75. The quantitative estimate of drug-likeness (QED) is 0.430. The van der Waals surface area contributed by atoms with Gasteiger partial charge in [0.2, 0.25) is 0 Å². The zero-order chi connectivity index (χ0) is 8.20. The third kappa shape index (κ3) is 8.82. The summed E-state index contributed by atoms with van der Waals surface area (Å²) >= 11 is 0. The smallest absolute Gasteiger partial charge is 1.00 e. The molecular formula is C6H15NaO3S. The van der Waals surface area contributed by atoms with Gasteiger partial charge in [0, 0.05) is 0 Å². The summed E-state index contributed by atoms with van der Waals surface area (Å²) in [6.45, 7) is 3.83. The Balaban J connectivity index is -0.000000405. The fourth-order valence-electron chi connectivity index (χ4n) is 0.822. The summed E-state index contributed by atoms with van der Waals surface area (Å²) in [5, 5.41) is 0. The van der Waals surface area contributed by atoms with Gasteiger partial charge in [0.05, 0.1) is 5.75 Å². The number of hydrogen-bond acceptors (Lipinski definition) is 2. The summed E-state index contributed by atoms with van der Waals surface area (Å²) in [6, 6.07) is 0. The maximum absolute atomic E-state index is 10.3. The first-order chi connectivity index (χ1) is 4.49. The Labute approximate surface area is 92.1 Å². The third-order valence-electron chi connectivity index (χ3n) is 1.60. The molecule has 11 heavy (non-hydrogen) atoms. The molecule has 0 saturated carbocycles. The van der Waals surface area contributed by atoms with Crippen molar-refractivity contribution in [1.82, 2.24) is 0 Å². The van der Waals surface area contributed by atoms with Crippen LogP contribution >= 0.6 is 0 Å². The Morgan fingerprint density at radius 1 is 1.36 bits per heavy atom. The van der Waals surface area contributed by atoms with Crippen LogP contribution in [0.1, 0.15) is 28.1 Å². The van der Waals surface area contributed by atoms with Crippen LogP contribution in [0.3, 0.4) is 0 Å². The van der Waals surface area contributed by atoms with Crippen molar-refractivity contribution in [3.05, 3.63) is 0 Å². The van der Waals surface area contributed by atoms with Crippen molar-refractivity contribution < 1.29 is 44.0 Å². The van der Waals surface area contributed by atoms with Gasteiger partial charge in [-0.15, -0.1) is 0 Å². The fraction of sp³-hybridized carbons (Fsp3) is 1.00. The summed E-state index contributed by atoms with van der Waals surface area (Å²) in [6.07, 6.45) is 1.60. The van der Waals surface area contributed by atoms with Crippen LogP contribution in [0.4, 0.5) is 0 Å². The first kappa shape index (κ1) is 14.4. The summed E-state index contributed by atoms with van der Waals surface area (Å²) in [5.74, 6) is 0.00926. The molecule has 0 saturated heterocycles. The molecule has 0 aliphatic rings. The zero-order valence-corrected chi connectivity index (χ0v) is 10.2. The van der Waals surface area contributed by atoms with Gasteiger partial charge in [-0.05, 0) is 5.92 Å². The van der Waals surface area contributed by atoms with E-state index in [-0.39, 0.29) is 42.7 Å². The summed E-state index contributed by atoms with van der Waals surface area (Å²) < 4.78 is 29.1. The molecule has 0 aliphatic heterocycles.